The zero-order valence-electron chi connectivity index (χ0n) is 13.1. The highest BCUT2D eigenvalue weighted by molar-refractivity contribution is 5.93. The Hall–Kier alpha value is -2.69. The van der Waals surface area contributed by atoms with Crippen LogP contribution < -0.4 is 5.32 Å². The van der Waals surface area contributed by atoms with Crippen LogP contribution in [0.1, 0.15) is 35.2 Å². The van der Waals surface area contributed by atoms with Gasteiger partial charge in [0, 0.05) is 12.4 Å². The van der Waals surface area contributed by atoms with Crippen LogP contribution in [0.2, 0.25) is 0 Å². The summed E-state index contributed by atoms with van der Waals surface area (Å²) in [5.74, 6) is -0.774. The molecule has 1 unspecified atom stereocenters. The van der Waals surface area contributed by atoms with Crippen molar-refractivity contribution in [1.82, 2.24) is 10.3 Å². The summed E-state index contributed by atoms with van der Waals surface area (Å²) in [5.41, 5.74) is 1.42. The first kappa shape index (κ1) is 16.7. The molecular formula is C18H20N2O3. The van der Waals surface area contributed by atoms with E-state index in [4.69, 9.17) is 4.74 Å². The second-order valence-corrected chi connectivity index (χ2v) is 5.04. The maximum Gasteiger partial charge on any atom is 0.313 e. The van der Waals surface area contributed by atoms with Gasteiger partial charge in [0.05, 0.1) is 18.0 Å². The summed E-state index contributed by atoms with van der Waals surface area (Å²) in [7, 11) is 0. The summed E-state index contributed by atoms with van der Waals surface area (Å²) in [6.45, 7) is 2.36. The molecule has 1 aromatic heterocycles. The molecule has 5 heteroatoms. The van der Waals surface area contributed by atoms with Crippen LogP contribution in [0.4, 0.5) is 0 Å². The highest BCUT2D eigenvalue weighted by atomic mass is 16.5. The number of nitrogens with zero attached hydrogens (tertiary/aromatic N) is 1. The highest BCUT2D eigenvalue weighted by Crippen LogP contribution is 2.20. The molecule has 0 bridgehead atoms. The van der Waals surface area contributed by atoms with Gasteiger partial charge in [-0.1, -0.05) is 37.3 Å². The van der Waals surface area contributed by atoms with E-state index in [-0.39, 0.29) is 30.9 Å². The van der Waals surface area contributed by atoms with E-state index in [1.165, 1.54) is 6.20 Å². The molecule has 1 amide bonds. The van der Waals surface area contributed by atoms with Crippen LogP contribution in [0.25, 0.3) is 0 Å². The van der Waals surface area contributed by atoms with Crippen molar-refractivity contribution in [3.05, 3.63) is 66.0 Å². The van der Waals surface area contributed by atoms with E-state index in [1.54, 1.807) is 18.3 Å². The number of ether oxygens (including phenoxy) is 1. The lowest BCUT2D eigenvalue weighted by Gasteiger charge is -2.14. The second-order valence-electron chi connectivity index (χ2n) is 5.04. The molecular weight excluding hydrogens is 292 g/mol. The van der Waals surface area contributed by atoms with Gasteiger partial charge in [-0.25, -0.2) is 0 Å². The third-order valence-corrected chi connectivity index (χ3v) is 3.45. The molecule has 1 heterocycles. The Balaban J connectivity index is 1.77. The molecule has 0 aliphatic carbocycles. The standard InChI is InChI=1S/C18H20N2O3/c1-2-16(14-7-4-3-5-8-14)18(22)23-12-11-20-17(21)15-9-6-10-19-13-15/h3-10,13,16H,2,11-12H2,1H3,(H,20,21). The molecule has 1 atom stereocenters. The monoisotopic (exact) mass is 312 g/mol. The minimum atomic E-state index is -0.273. The van der Waals surface area contributed by atoms with Gasteiger partial charge >= 0.3 is 5.97 Å². The number of carbonyl (C=O) groups excluding carboxylic acids is 2. The Bertz CT molecular complexity index is 629. The maximum atomic E-state index is 12.1. The predicted octanol–water partition coefficient (Wildman–Crippen LogP) is 2.55. The van der Waals surface area contributed by atoms with Gasteiger partial charge in [-0.2, -0.15) is 0 Å². The second kappa shape index (κ2) is 8.68. The zero-order chi connectivity index (χ0) is 16.5. The van der Waals surface area contributed by atoms with E-state index >= 15 is 0 Å². The van der Waals surface area contributed by atoms with Crippen LogP contribution in [0.5, 0.6) is 0 Å². The number of nitrogens with one attached hydrogen (secondary N) is 1. The van der Waals surface area contributed by atoms with E-state index < -0.39 is 0 Å². The van der Waals surface area contributed by atoms with Gasteiger partial charge in [0.1, 0.15) is 6.61 Å². The van der Waals surface area contributed by atoms with Crippen LogP contribution in [0, 0.1) is 0 Å². The summed E-state index contributed by atoms with van der Waals surface area (Å²) >= 11 is 0. The summed E-state index contributed by atoms with van der Waals surface area (Å²) in [6.07, 6.45) is 3.77. The van der Waals surface area contributed by atoms with Gasteiger partial charge in [-0.3, -0.25) is 14.6 Å². The van der Waals surface area contributed by atoms with Crippen LogP contribution in [-0.2, 0) is 9.53 Å². The fourth-order valence-electron chi connectivity index (χ4n) is 2.24. The van der Waals surface area contributed by atoms with Crippen molar-refractivity contribution in [3.63, 3.8) is 0 Å². The SMILES string of the molecule is CCC(C(=O)OCCNC(=O)c1cccnc1)c1ccccc1. The molecule has 1 aromatic carbocycles. The smallest absolute Gasteiger partial charge is 0.313 e. The summed E-state index contributed by atoms with van der Waals surface area (Å²) in [6, 6.07) is 12.9. The number of esters is 1. The van der Waals surface area contributed by atoms with E-state index in [0.717, 1.165) is 5.56 Å². The average Bonchev–Trinajstić information content (AvgIpc) is 2.61. The average molecular weight is 312 g/mol. The number of hydrogen-bond donors (Lipinski definition) is 1. The van der Waals surface area contributed by atoms with Gasteiger partial charge in [0.25, 0.3) is 5.91 Å². The first-order valence-electron chi connectivity index (χ1n) is 7.62. The summed E-state index contributed by atoms with van der Waals surface area (Å²) in [4.78, 5) is 27.8. The van der Waals surface area contributed by atoms with Crippen molar-refractivity contribution >= 4 is 11.9 Å². The number of carbonyl (C=O) groups is 2. The minimum Gasteiger partial charge on any atom is -0.463 e. The lowest BCUT2D eigenvalue weighted by Crippen LogP contribution is -2.29. The first-order valence-corrected chi connectivity index (χ1v) is 7.62. The topological polar surface area (TPSA) is 68.3 Å². The molecule has 0 saturated carbocycles. The molecule has 0 saturated heterocycles. The molecule has 23 heavy (non-hydrogen) atoms. The number of amides is 1. The van der Waals surface area contributed by atoms with E-state index in [1.807, 2.05) is 37.3 Å². The quantitative estimate of drug-likeness (QED) is 0.630. The number of hydrogen-bond acceptors (Lipinski definition) is 4. The molecule has 2 aromatic rings. The van der Waals surface area contributed by atoms with Crippen LogP contribution in [0.15, 0.2) is 54.9 Å². The molecule has 0 radical (unpaired) electrons. The Morgan fingerprint density at radius 2 is 1.96 bits per heavy atom. The van der Waals surface area contributed by atoms with Gasteiger partial charge < -0.3 is 10.1 Å². The van der Waals surface area contributed by atoms with Crippen molar-refractivity contribution in [3.8, 4) is 0 Å². The predicted molar refractivity (Wildman–Crippen MR) is 87.0 cm³/mol. The molecule has 0 aliphatic heterocycles. The van der Waals surface area contributed by atoms with Crippen LogP contribution in [-0.4, -0.2) is 30.0 Å². The Kier molecular flexibility index (Phi) is 6.29. The van der Waals surface area contributed by atoms with E-state index in [2.05, 4.69) is 10.3 Å². The third kappa shape index (κ3) is 4.92. The zero-order valence-corrected chi connectivity index (χ0v) is 13.1. The molecule has 1 N–H and O–H groups in total. The van der Waals surface area contributed by atoms with Gasteiger partial charge in [0.15, 0.2) is 0 Å². The number of pyridine rings is 1. The molecule has 0 spiro atoms. The van der Waals surface area contributed by atoms with Crippen LogP contribution >= 0.6 is 0 Å². The highest BCUT2D eigenvalue weighted by Gasteiger charge is 2.19. The van der Waals surface area contributed by atoms with Crippen molar-refractivity contribution in [1.29, 1.82) is 0 Å². The molecule has 5 nitrogen and oxygen atoms in total. The van der Waals surface area contributed by atoms with Gasteiger partial charge in [-0.05, 0) is 24.1 Å². The van der Waals surface area contributed by atoms with Crippen molar-refractivity contribution in [2.45, 2.75) is 19.3 Å². The van der Waals surface area contributed by atoms with Crippen molar-refractivity contribution in [2.75, 3.05) is 13.2 Å². The van der Waals surface area contributed by atoms with Gasteiger partial charge in [0.2, 0.25) is 0 Å². The lowest BCUT2D eigenvalue weighted by atomic mass is 9.97. The van der Waals surface area contributed by atoms with E-state index in [9.17, 15) is 9.59 Å². The fraction of sp³-hybridized carbons (Fsp3) is 0.278. The third-order valence-electron chi connectivity index (χ3n) is 3.45. The molecule has 0 fully saturated rings. The lowest BCUT2D eigenvalue weighted by molar-refractivity contribution is -0.145. The maximum absolute atomic E-state index is 12.1. The normalized spacial score (nSPS) is 11.5. The summed E-state index contributed by atoms with van der Waals surface area (Å²) < 4.78 is 5.27. The van der Waals surface area contributed by atoms with Crippen molar-refractivity contribution in [2.24, 2.45) is 0 Å². The first-order chi connectivity index (χ1) is 11.2. The van der Waals surface area contributed by atoms with Crippen LogP contribution in [0.3, 0.4) is 0 Å². The van der Waals surface area contributed by atoms with Gasteiger partial charge in [-0.15, -0.1) is 0 Å². The number of rotatable bonds is 7. The molecule has 0 aliphatic rings. The van der Waals surface area contributed by atoms with Crippen molar-refractivity contribution < 1.29 is 14.3 Å². The Labute approximate surface area is 135 Å². The Morgan fingerprint density at radius 1 is 1.17 bits per heavy atom. The minimum absolute atomic E-state index is 0.147. The number of aromatic nitrogens is 1. The Morgan fingerprint density at radius 3 is 2.61 bits per heavy atom. The van der Waals surface area contributed by atoms with E-state index in [0.29, 0.717) is 12.0 Å². The summed E-state index contributed by atoms with van der Waals surface area (Å²) in [5, 5.41) is 2.69. The number of benzene rings is 1. The fourth-order valence-corrected chi connectivity index (χ4v) is 2.24. The molecule has 2 rings (SSSR count). The largest absolute Gasteiger partial charge is 0.463 e. The molecule has 120 valence electrons.